The summed E-state index contributed by atoms with van der Waals surface area (Å²) in [6.45, 7) is 6.64. The van der Waals surface area contributed by atoms with Crippen molar-refractivity contribution in [3.05, 3.63) is 55.4 Å². The molecule has 1 aromatic carbocycles. The molecule has 0 unspecified atom stereocenters. The molecule has 0 saturated heterocycles. The van der Waals surface area contributed by atoms with Crippen molar-refractivity contribution in [2.24, 2.45) is 0 Å². The number of aromatic amines is 1. The normalized spacial score (nSPS) is 16.1. The first-order valence-corrected chi connectivity index (χ1v) is 9.95. The molecular weight excluding hydrogens is 380 g/mol. The molecule has 4 aromatic rings. The van der Waals surface area contributed by atoms with Crippen LogP contribution in [0.3, 0.4) is 0 Å². The highest BCUT2D eigenvalue weighted by Crippen LogP contribution is 2.38. The molecule has 27 heavy (non-hydrogen) atoms. The molecule has 3 aromatic heterocycles. The van der Waals surface area contributed by atoms with Crippen LogP contribution in [0.2, 0.25) is 0 Å². The summed E-state index contributed by atoms with van der Waals surface area (Å²) in [6, 6.07) is 7.83. The van der Waals surface area contributed by atoms with E-state index in [0.29, 0.717) is 21.9 Å². The van der Waals surface area contributed by atoms with Gasteiger partial charge in [-0.05, 0) is 45.1 Å². The summed E-state index contributed by atoms with van der Waals surface area (Å²) in [6.07, 6.45) is 0.776. The van der Waals surface area contributed by atoms with Crippen LogP contribution in [0.1, 0.15) is 29.9 Å². The van der Waals surface area contributed by atoms with Crippen LogP contribution < -0.4 is 5.56 Å². The number of H-pyrrole nitrogens is 1. The van der Waals surface area contributed by atoms with E-state index >= 15 is 0 Å². The number of rotatable bonds is 1. The molecule has 1 aliphatic rings. The lowest BCUT2D eigenvalue weighted by atomic mass is 9.98. The highest BCUT2D eigenvalue weighted by Gasteiger charge is 2.31. The number of thiophene rings is 1. The average molecular weight is 399 g/mol. The van der Waals surface area contributed by atoms with Crippen LogP contribution in [-0.2, 0) is 17.8 Å². The fourth-order valence-electron chi connectivity index (χ4n) is 3.64. The van der Waals surface area contributed by atoms with Crippen LogP contribution in [-0.4, -0.2) is 24.8 Å². The lowest BCUT2D eigenvalue weighted by Crippen LogP contribution is -2.31. The van der Waals surface area contributed by atoms with Crippen LogP contribution >= 0.6 is 23.6 Å². The van der Waals surface area contributed by atoms with Crippen molar-refractivity contribution in [2.75, 3.05) is 0 Å². The van der Waals surface area contributed by atoms with Crippen molar-refractivity contribution in [1.29, 1.82) is 0 Å². The van der Waals surface area contributed by atoms with E-state index in [1.165, 1.54) is 4.88 Å². The zero-order valence-electron chi connectivity index (χ0n) is 15.2. The molecule has 0 aliphatic carbocycles. The van der Waals surface area contributed by atoms with Crippen molar-refractivity contribution in [3.8, 4) is 5.69 Å². The first kappa shape index (κ1) is 16.9. The number of hydrogen-bond acceptors (Lipinski definition) is 5. The Morgan fingerprint density at radius 2 is 2.04 bits per heavy atom. The van der Waals surface area contributed by atoms with Gasteiger partial charge in [-0.3, -0.25) is 9.20 Å². The quantitative estimate of drug-likeness (QED) is 0.494. The van der Waals surface area contributed by atoms with E-state index in [9.17, 15) is 4.79 Å². The van der Waals surface area contributed by atoms with Gasteiger partial charge in [-0.25, -0.2) is 9.67 Å². The largest absolute Gasteiger partial charge is 0.370 e. The molecule has 6 nitrogen and oxygen atoms in total. The molecule has 8 heteroatoms. The minimum Gasteiger partial charge on any atom is -0.370 e. The maximum atomic E-state index is 13.4. The number of ether oxygens (including phenoxy) is 1. The summed E-state index contributed by atoms with van der Waals surface area (Å²) in [5.74, 6) is 0.492. The smallest absolute Gasteiger partial charge is 0.277 e. The summed E-state index contributed by atoms with van der Waals surface area (Å²) in [4.78, 5) is 14.6. The SMILES string of the molecule is Cc1ccc(-n2c(=O)c3sc4c(c3n3c(=S)[nH]nc23)COC(C)(C)C4)cc1. The number of hydrogen-bond donors (Lipinski definition) is 1. The predicted molar refractivity (Wildman–Crippen MR) is 109 cm³/mol. The topological polar surface area (TPSA) is 64.3 Å². The molecule has 0 radical (unpaired) electrons. The van der Waals surface area contributed by atoms with Gasteiger partial charge in [-0.15, -0.1) is 16.4 Å². The van der Waals surface area contributed by atoms with E-state index in [2.05, 4.69) is 24.0 Å². The first-order valence-electron chi connectivity index (χ1n) is 8.73. The molecule has 1 aliphatic heterocycles. The Morgan fingerprint density at radius 3 is 2.78 bits per heavy atom. The second-order valence-corrected chi connectivity index (χ2v) is 9.04. The van der Waals surface area contributed by atoms with E-state index in [0.717, 1.165) is 28.8 Å². The Bertz CT molecular complexity index is 1320. The van der Waals surface area contributed by atoms with Crippen LogP contribution in [0, 0.1) is 11.7 Å². The molecule has 0 saturated carbocycles. The van der Waals surface area contributed by atoms with Crippen molar-refractivity contribution < 1.29 is 4.74 Å². The van der Waals surface area contributed by atoms with Gasteiger partial charge in [-0.2, -0.15) is 0 Å². The zero-order chi connectivity index (χ0) is 18.9. The van der Waals surface area contributed by atoms with E-state index < -0.39 is 0 Å². The molecule has 138 valence electrons. The highest BCUT2D eigenvalue weighted by molar-refractivity contribution is 7.71. The number of fused-ring (bicyclic) bond motifs is 5. The predicted octanol–water partition coefficient (Wildman–Crippen LogP) is 3.92. The Balaban J connectivity index is 1.93. The number of aromatic nitrogens is 4. The third kappa shape index (κ3) is 2.44. The lowest BCUT2D eigenvalue weighted by molar-refractivity contribution is -0.0383. The fraction of sp³-hybridized carbons (Fsp3) is 0.316. The van der Waals surface area contributed by atoms with Gasteiger partial charge in [0, 0.05) is 16.9 Å². The van der Waals surface area contributed by atoms with Crippen LogP contribution in [0.25, 0.3) is 21.7 Å². The summed E-state index contributed by atoms with van der Waals surface area (Å²) in [5, 5.41) is 7.21. The van der Waals surface area contributed by atoms with E-state index in [1.807, 2.05) is 35.6 Å². The Labute approximate surface area is 164 Å². The molecule has 4 heterocycles. The van der Waals surface area contributed by atoms with Crippen molar-refractivity contribution >= 4 is 39.5 Å². The second-order valence-electron chi connectivity index (χ2n) is 7.55. The van der Waals surface area contributed by atoms with Gasteiger partial charge in [0.25, 0.3) is 5.56 Å². The standard InChI is InChI=1S/C19H18N4O2S2/c1-10-4-6-11(7-5-10)22-16(24)15-14(23-17(22)20-21-18(23)26)12-9-25-19(2,3)8-13(12)27-15/h4-7H,8-9H2,1-3H3,(H,21,26). The lowest BCUT2D eigenvalue weighted by Gasteiger charge is -2.29. The minimum atomic E-state index is -0.235. The molecular formula is C19H18N4O2S2. The van der Waals surface area contributed by atoms with Crippen molar-refractivity contribution in [1.82, 2.24) is 19.2 Å². The highest BCUT2D eigenvalue weighted by atomic mass is 32.1. The number of benzene rings is 1. The summed E-state index contributed by atoms with van der Waals surface area (Å²) in [7, 11) is 0. The Morgan fingerprint density at radius 1 is 1.30 bits per heavy atom. The monoisotopic (exact) mass is 398 g/mol. The van der Waals surface area contributed by atoms with Gasteiger partial charge in [-0.1, -0.05) is 17.7 Å². The molecule has 0 bridgehead atoms. The molecule has 0 spiro atoms. The number of nitrogens with one attached hydrogen (secondary N) is 1. The van der Waals surface area contributed by atoms with E-state index in [1.54, 1.807) is 15.9 Å². The van der Waals surface area contributed by atoms with Crippen LogP contribution in [0.5, 0.6) is 0 Å². The fourth-order valence-corrected chi connectivity index (χ4v) is 5.29. The maximum Gasteiger partial charge on any atom is 0.277 e. The number of nitrogens with zero attached hydrogens (tertiary/aromatic N) is 3. The summed E-state index contributed by atoms with van der Waals surface area (Å²) in [5.41, 5.74) is 3.47. The number of aryl methyl sites for hydroxylation is 1. The van der Waals surface area contributed by atoms with Gasteiger partial charge in [0.15, 0.2) is 0 Å². The molecule has 0 atom stereocenters. The molecule has 0 amide bonds. The van der Waals surface area contributed by atoms with Gasteiger partial charge < -0.3 is 4.74 Å². The molecule has 5 rings (SSSR count). The maximum absolute atomic E-state index is 13.4. The first-order chi connectivity index (χ1) is 12.9. The van der Waals surface area contributed by atoms with Crippen LogP contribution in [0.4, 0.5) is 0 Å². The third-order valence-corrected chi connectivity index (χ3v) is 6.51. The Hall–Kier alpha value is -2.29. The zero-order valence-corrected chi connectivity index (χ0v) is 16.8. The van der Waals surface area contributed by atoms with E-state index in [4.69, 9.17) is 17.0 Å². The summed E-state index contributed by atoms with van der Waals surface area (Å²) >= 11 is 7.04. The minimum absolute atomic E-state index is 0.0763. The van der Waals surface area contributed by atoms with Gasteiger partial charge in [0.2, 0.25) is 10.5 Å². The molecule has 0 fully saturated rings. The van der Waals surface area contributed by atoms with Gasteiger partial charge >= 0.3 is 0 Å². The average Bonchev–Trinajstić information content (AvgIpc) is 3.16. The summed E-state index contributed by atoms with van der Waals surface area (Å²) < 4.78 is 10.7. The van der Waals surface area contributed by atoms with E-state index in [-0.39, 0.29) is 11.2 Å². The molecule has 1 N–H and O–H groups in total. The Kier molecular flexibility index (Phi) is 3.50. The second kappa shape index (κ2) is 5.60. The van der Waals surface area contributed by atoms with Crippen LogP contribution in [0.15, 0.2) is 29.1 Å². The van der Waals surface area contributed by atoms with Crippen molar-refractivity contribution in [2.45, 2.75) is 39.4 Å². The van der Waals surface area contributed by atoms with Gasteiger partial charge in [0.05, 0.1) is 23.4 Å². The van der Waals surface area contributed by atoms with Crippen molar-refractivity contribution in [3.63, 3.8) is 0 Å². The van der Waals surface area contributed by atoms with Gasteiger partial charge in [0.1, 0.15) is 4.70 Å². The third-order valence-electron chi connectivity index (χ3n) is 5.02.